The van der Waals surface area contributed by atoms with Gasteiger partial charge in [-0.2, -0.15) is 0 Å². The van der Waals surface area contributed by atoms with Crippen LogP contribution in [0.3, 0.4) is 0 Å². The fourth-order valence-electron chi connectivity index (χ4n) is 4.40. The number of benzene rings is 1. The molecule has 32 heavy (non-hydrogen) atoms. The number of aliphatic imine (C=N–C) groups is 1. The molecule has 0 atom stereocenters. The number of nitrogens with zero attached hydrogens (tertiary/aromatic N) is 2. The molecule has 2 amide bonds. The van der Waals surface area contributed by atoms with Gasteiger partial charge in [0.25, 0.3) is 11.8 Å². The van der Waals surface area contributed by atoms with Crippen molar-refractivity contribution in [1.82, 2.24) is 4.90 Å². The molecule has 0 spiro atoms. The summed E-state index contributed by atoms with van der Waals surface area (Å²) in [4.78, 5) is 32.5. The topological polar surface area (TPSA) is 63.4 Å². The van der Waals surface area contributed by atoms with E-state index in [0.29, 0.717) is 19.4 Å². The highest BCUT2D eigenvalue weighted by molar-refractivity contribution is 7.77. The Bertz CT molecular complexity index is 1000. The SMILES string of the molecule is CCOC1=CC=C(N2C(=O)C(=Cc3ccc([NH+]4CCCCCC4)cc3)C(=O)N=C2[S-])CC1. The van der Waals surface area contributed by atoms with E-state index >= 15 is 0 Å². The lowest BCUT2D eigenvalue weighted by atomic mass is 10.0. The second-order valence-corrected chi connectivity index (χ2v) is 8.63. The first kappa shape index (κ1) is 22.4. The minimum atomic E-state index is -0.583. The summed E-state index contributed by atoms with van der Waals surface area (Å²) >= 11 is 5.26. The van der Waals surface area contributed by atoms with Crippen LogP contribution in [-0.4, -0.2) is 41.6 Å². The Labute approximate surface area is 194 Å². The van der Waals surface area contributed by atoms with Crippen molar-refractivity contribution in [3.8, 4) is 0 Å². The Hall–Kier alpha value is -2.77. The predicted octanol–water partition coefficient (Wildman–Crippen LogP) is 3.03. The highest BCUT2D eigenvalue weighted by atomic mass is 32.1. The molecule has 0 radical (unpaired) electrons. The highest BCUT2D eigenvalue weighted by Gasteiger charge is 2.31. The summed E-state index contributed by atoms with van der Waals surface area (Å²) in [7, 11) is 0. The van der Waals surface area contributed by atoms with E-state index in [2.05, 4.69) is 17.1 Å². The van der Waals surface area contributed by atoms with Crippen molar-refractivity contribution >= 4 is 41.4 Å². The second-order valence-electron chi connectivity index (χ2n) is 8.26. The monoisotopic (exact) mass is 451 g/mol. The van der Waals surface area contributed by atoms with E-state index in [1.165, 1.54) is 41.2 Å². The normalized spacial score (nSPS) is 21.7. The lowest BCUT2D eigenvalue weighted by molar-refractivity contribution is -0.831. The summed E-state index contributed by atoms with van der Waals surface area (Å²) < 4.78 is 5.54. The van der Waals surface area contributed by atoms with Gasteiger partial charge in [0, 0.05) is 12.1 Å². The van der Waals surface area contributed by atoms with Crippen LogP contribution in [0.15, 0.2) is 58.4 Å². The lowest BCUT2D eigenvalue weighted by Crippen LogP contribution is -3.07. The first-order valence-electron chi connectivity index (χ1n) is 11.4. The zero-order valence-electron chi connectivity index (χ0n) is 18.4. The number of carbonyl (C=O) groups is 2. The Morgan fingerprint density at radius 1 is 1.06 bits per heavy atom. The van der Waals surface area contributed by atoms with Gasteiger partial charge in [-0.25, -0.2) is 4.99 Å². The minimum absolute atomic E-state index is 0.00299. The van der Waals surface area contributed by atoms with E-state index < -0.39 is 11.8 Å². The van der Waals surface area contributed by atoms with Crippen molar-refractivity contribution in [2.24, 2.45) is 4.99 Å². The molecule has 0 bridgehead atoms. The molecule has 3 aliphatic rings. The van der Waals surface area contributed by atoms with Crippen molar-refractivity contribution in [3.63, 3.8) is 0 Å². The molecule has 1 N–H and O–H groups in total. The molecule has 1 aliphatic carbocycles. The minimum Gasteiger partial charge on any atom is -0.742 e. The van der Waals surface area contributed by atoms with Gasteiger partial charge in [-0.05, 0) is 92.3 Å². The molecule has 2 aliphatic heterocycles. The standard InChI is InChI=1S/C25H29N3O3S/c1-2-31-21-13-11-20(12-14-21)28-24(30)22(23(29)26-25(28)32)17-18-7-9-19(10-8-18)27-15-5-3-4-6-16-27/h7-11,13,17H,2-6,12,14-16H2,1H3,(H,26,29,32). The third kappa shape index (κ3) is 5.00. The molecular weight excluding hydrogens is 422 g/mol. The number of hydrogen-bond donors (Lipinski definition) is 1. The summed E-state index contributed by atoms with van der Waals surface area (Å²) in [5, 5.41) is -0.00299. The van der Waals surface area contributed by atoms with Gasteiger partial charge >= 0.3 is 0 Å². The number of hydrogen-bond acceptors (Lipinski definition) is 4. The first-order valence-corrected chi connectivity index (χ1v) is 11.8. The predicted molar refractivity (Wildman–Crippen MR) is 127 cm³/mol. The number of ether oxygens (including phenoxy) is 1. The highest BCUT2D eigenvalue weighted by Crippen LogP contribution is 2.27. The number of rotatable bonds is 5. The maximum atomic E-state index is 13.2. The molecular formula is C25H29N3O3S. The van der Waals surface area contributed by atoms with Crippen LogP contribution in [0, 0.1) is 0 Å². The number of carbonyl (C=O) groups excluding carboxylic acids is 2. The molecule has 0 aromatic heterocycles. The molecule has 0 unspecified atom stereocenters. The zero-order chi connectivity index (χ0) is 22.5. The van der Waals surface area contributed by atoms with Gasteiger partial charge in [-0.3, -0.25) is 14.5 Å². The molecule has 7 heteroatoms. The quantitative estimate of drug-likeness (QED) is 0.425. The van der Waals surface area contributed by atoms with Gasteiger partial charge in [0.2, 0.25) is 0 Å². The molecule has 1 aromatic carbocycles. The molecule has 1 fully saturated rings. The fraction of sp³-hybridized carbons (Fsp3) is 0.400. The zero-order valence-corrected chi connectivity index (χ0v) is 19.2. The van der Waals surface area contributed by atoms with Gasteiger partial charge in [0.1, 0.15) is 11.3 Å². The largest absolute Gasteiger partial charge is 0.742 e. The van der Waals surface area contributed by atoms with Crippen LogP contribution >= 0.6 is 0 Å². The van der Waals surface area contributed by atoms with Crippen molar-refractivity contribution in [2.45, 2.75) is 45.4 Å². The number of allylic oxidation sites excluding steroid dienone is 4. The van der Waals surface area contributed by atoms with Crippen LogP contribution in [0.4, 0.5) is 5.69 Å². The number of amides is 2. The number of nitrogens with one attached hydrogen (secondary N) is 1. The third-order valence-electron chi connectivity index (χ3n) is 6.10. The van der Waals surface area contributed by atoms with Crippen LogP contribution in [0.25, 0.3) is 6.08 Å². The van der Waals surface area contributed by atoms with E-state index in [9.17, 15) is 9.59 Å². The Kier molecular flexibility index (Phi) is 7.17. The van der Waals surface area contributed by atoms with Crippen LogP contribution < -0.4 is 4.90 Å². The second kappa shape index (κ2) is 10.2. The smallest absolute Gasteiger partial charge is 0.282 e. The summed E-state index contributed by atoms with van der Waals surface area (Å²) in [6, 6.07) is 8.12. The van der Waals surface area contributed by atoms with Gasteiger partial charge in [-0.15, -0.1) is 0 Å². The molecule has 1 saturated heterocycles. The molecule has 168 valence electrons. The van der Waals surface area contributed by atoms with Crippen LogP contribution in [0.1, 0.15) is 51.0 Å². The van der Waals surface area contributed by atoms with Gasteiger partial charge in [0.15, 0.2) is 0 Å². The van der Waals surface area contributed by atoms with Crippen LogP contribution in [0.2, 0.25) is 0 Å². The molecule has 6 nitrogen and oxygen atoms in total. The van der Waals surface area contributed by atoms with E-state index in [0.717, 1.165) is 30.1 Å². The summed E-state index contributed by atoms with van der Waals surface area (Å²) in [6.07, 6.45) is 11.7. The molecule has 1 aromatic rings. The summed E-state index contributed by atoms with van der Waals surface area (Å²) in [6.45, 7) is 4.84. The summed E-state index contributed by atoms with van der Waals surface area (Å²) in [5.74, 6) is -0.126. The lowest BCUT2D eigenvalue weighted by Gasteiger charge is -2.34. The fourth-order valence-corrected chi connectivity index (χ4v) is 4.68. The molecule has 4 rings (SSSR count). The van der Waals surface area contributed by atoms with E-state index in [1.54, 1.807) is 6.08 Å². The Morgan fingerprint density at radius 3 is 2.41 bits per heavy atom. The van der Waals surface area contributed by atoms with Crippen molar-refractivity contribution in [3.05, 3.63) is 59.0 Å². The Morgan fingerprint density at radius 2 is 1.78 bits per heavy atom. The number of quaternary nitrogens is 1. The van der Waals surface area contributed by atoms with Gasteiger partial charge in [-0.1, -0.05) is 0 Å². The van der Waals surface area contributed by atoms with E-state index in [-0.39, 0.29) is 10.7 Å². The average molecular weight is 452 g/mol. The summed E-state index contributed by atoms with van der Waals surface area (Å²) in [5.41, 5.74) is 2.82. The van der Waals surface area contributed by atoms with Gasteiger partial charge < -0.3 is 22.3 Å². The van der Waals surface area contributed by atoms with E-state index in [1.807, 2.05) is 31.2 Å². The van der Waals surface area contributed by atoms with Crippen molar-refractivity contribution < 1.29 is 19.2 Å². The third-order valence-corrected chi connectivity index (χ3v) is 6.37. The Balaban J connectivity index is 1.55. The average Bonchev–Trinajstić information content (AvgIpc) is 3.08. The molecule has 0 saturated carbocycles. The maximum absolute atomic E-state index is 13.2. The number of amidine groups is 1. The van der Waals surface area contributed by atoms with Crippen LogP contribution in [-0.2, 0) is 27.0 Å². The molecule has 2 heterocycles. The van der Waals surface area contributed by atoms with Crippen molar-refractivity contribution in [1.29, 1.82) is 0 Å². The van der Waals surface area contributed by atoms with Crippen molar-refractivity contribution in [2.75, 3.05) is 19.7 Å². The first-order chi connectivity index (χ1) is 15.6. The van der Waals surface area contributed by atoms with Crippen LogP contribution in [0.5, 0.6) is 0 Å². The van der Waals surface area contributed by atoms with Gasteiger partial charge in [0.05, 0.1) is 25.5 Å². The maximum Gasteiger partial charge on any atom is 0.282 e. The van der Waals surface area contributed by atoms with E-state index in [4.69, 9.17) is 17.4 Å².